The molecule has 2 aromatic carbocycles. The molecule has 1 aromatic heterocycles. The number of fused-ring (bicyclic) bond motifs is 1. The first-order valence-electron chi connectivity index (χ1n) is 6.22. The molecular weight excluding hydrogens is 342 g/mol. The highest BCUT2D eigenvalue weighted by atomic mass is 32.2. The van der Waals surface area contributed by atoms with Crippen molar-refractivity contribution < 1.29 is 16.8 Å². The molecule has 3 rings (SSSR count). The largest absolute Gasteiger partial charge is 0.280 e. The van der Waals surface area contributed by atoms with Crippen LogP contribution in [0.4, 0.5) is 5.69 Å². The molecule has 0 spiro atoms. The van der Waals surface area contributed by atoms with Crippen LogP contribution in [0.15, 0.2) is 52.3 Å². The van der Waals surface area contributed by atoms with Crippen molar-refractivity contribution >= 4 is 36.8 Å². The number of benzene rings is 2. The average Bonchev–Trinajstić information content (AvgIpc) is 2.93. The van der Waals surface area contributed by atoms with Crippen LogP contribution >= 0.6 is 0 Å². The number of primary sulfonamides is 1. The van der Waals surface area contributed by atoms with E-state index >= 15 is 0 Å². The summed E-state index contributed by atoms with van der Waals surface area (Å²) in [4.78, 5) is -0.0983. The number of nitrogens with one attached hydrogen (secondary N) is 2. The van der Waals surface area contributed by atoms with Gasteiger partial charge in [0.15, 0.2) is 0 Å². The van der Waals surface area contributed by atoms with Crippen molar-refractivity contribution in [1.82, 2.24) is 15.4 Å². The monoisotopic (exact) mass is 353 g/mol. The van der Waals surface area contributed by atoms with Gasteiger partial charge in [-0.1, -0.05) is 0 Å². The Bertz CT molecular complexity index is 1070. The van der Waals surface area contributed by atoms with E-state index in [1.807, 2.05) is 0 Å². The summed E-state index contributed by atoms with van der Waals surface area (Å²) in [5, 5.41) is 15.1. The lowest BCUT2D eigenvalue weighted by atomic mass is 10.3. The number of aromatic amines is 1. The molecule has 3 aromatic rings. The van der Waals surface area contributed by atoms with Crippen molar-refractivity contribution in [2.24, 2.45) is 5.14 Å². The molecule has 0 bridgehead atoms. The molecular formula is C12H11N5O4S2. The fraction of sp³-hybridized carbons (Fsp3) is 0. The standard InChI is InChI=1S/C12H11N5O4S2/c13-22(18,19)9-3-1-8(2-4-9)16-23(20,21)10-5-6-11-12(7-10)15-17-14-11/h1-7,16H,(H2,13,18,19)(H,14,15,17). The first kappa shape index (κ1) is 15.4. The number of hydrogen-bond donors (Lipinski definition) is 3. The Labute approximate surface area is 131 Å². The summed E-state index contributed by atoms with van der Waals surface area (Å²) in [5.41, 5.74) is 1.16. The molecule has 0 amide bonds. The summed E-state index contributed by atoms with van der Waals surface area (Å²) >= 11 is 0. The Morgan fingerprint density at radius 1 is 0.870 bits per heavy atom. The smallest absolute Gasteiger partial charge is 0.261 e. The topological polar surface area (TPSA) is 148 Å². The third-order valence-corrected chi connectivity index (χ3v) is 5.34. The third kappa shape index (κ3) is 3.16. The van der Waals surface area contributed by atoms with Gasteiger partial charge in [0.2, 0.25) is 10.0 Å². The van der Waals surface area contributed by atoms with Gasteiger partial charge in [0.25, 0.3) is 10.0 Å². The van der Waals surface area contributed by atoms with E-state index < -0.39 is 20.0 Å². The van der Waals surface area contributed by atoms with Gasteiger partial charge < -0.3 is 0 Å². The Morgan fingerprint density at radius 2 is 1.48 bits per heavy atom. The van der Waals surface area contributed by atoms with E-state index in [9.17, 15) is 16.8 Å². The number of anilines is 1. The molecule has 1 heterocycles. The molecule has 0 unspecified atom stereocenters. The lowest BCUT2D eigenvalue weighted by molar-refractivity contribution is 0.597. The maximum absolute atomic E-state index is 12.3. The zero-order chi connectivity index (χ0) is 16.7. The minimum Gasteiger partial charge on any atom is -0.280 e. The van der Waals surface area contributed by atoms with Gasteiger partial charge in [-0.15, -0.1) is 0 Å². The molecule has 0 saturated carbocycles. The van der Waals surface area contributed by atoms with Gasteiger partial charge in [-0.25, -0.2) is 22.0 Å². The molecule has 9 nitrogen and oxygen atoms in total. The van der Waals surface area contributed by atoms with Crippen molar-refractivity contribution in [3.63, 3.8) is 0 Å². The van der Waals surface area contributed by atoms with Crippen LogP contribution < -0.4 is 9.86 Å². The first-order valence-corrected chi connectivity index (χ1v) is 9.25. The number of aromatic nitrogens is 3. The highest BCUT2D eigenvalue weighted by molar-refractivity contribution is 7.92. The van der Waals surface area contributed by atoms with Crippen LogP contribution in [-0.2, 0) is 20.0 Å². The molecule has 0 saturated heterocycles. The number of sulfonamides is 2. The predicted octanol–water partition coefficient (Wildman–Crippen LogP) is 0.406. The number of nitrogens with zero attached hydrogens (tertiary/aromatic N) is 2. The summed E-state index contributed by atoms with van der Waals surface area (Å²) in [5.74, 6) is 0. The number of H-pyrrole nitrogens is 1. The van der Waals surface area contributed by atoms with Crippen LogP contribution in [0.5, 0.6) is 0 Å². The van der Waals surface area contributed by atoms with Crippen LogP contribution in [0.1, 0.15) is 0 Å². The Morgan fingerprint density at radius 3 is 2.13 bits per heavy atom. The van der Waals surface area contributed by atoms with E-state index in [4.69, 9.17) is 5.14 Å². The molecule has 0 radical (unpaired) electrons. The second kappa shape index (κ2) is 5.30. The van der Waals surface area contributed by atoms with Crippen molar-refractivity contribution in [2.45, 2.75) is 9.79 Å². The van der Waals surface area contributed by atoms with E-state index in [0.29, 0.717) is 11.0 Å². The summed E-state index contributed by atoms with van der Waals surface area (Å²) < 4.78 is 49.4. The van der Waals surface area contributed by atoms with Crippen LogP contribution in [-0.4, -0.2) is 32.2 Å². The molecule has 0 aliphatic carbocycles. The SMILES string of the molecule is NS(=O)(=O)c1ccc(NS(=O)(=O)c2ccc3n[nH]nc3c2)cc1. The van der Waals surface area contributed by atoms with Gasteiger partial charge in [-0.05, 0) is 42.5 Å². The summed E-state index contributed by atoms with van der Waals surface area (Å²) in [6.07, 6.45) is 0. The fourth-order valence-electron chi connectivity index (χ4n) is 1.91. The van der Waals surface area contributed by atoms with Gasteiger partial charge in [-0.2, -0.15) is 15.4 Å². The highest BCUT2D eigenvalue weighted by Gasteiger charge is 2.16. The molecule has 0 atom stereocenters. The molecule has 0 fully saturated rings. The average molecular weight is 353 g/mol. The predicted molar refractivity (Wildman–Crippen MR) is 82.5 cm³/mol. The molecule has 0 aliphatic heterocycles. The van der Waals surface area contributed by atoms with Crippen molar-refractivity contribution in [1.29, 1.82) is 0 Å². The normalized spacial score (nSPS) is 12.4. The lowest BCUT2D eigenvalue weighted by Crippen LogP contribution is -2.14. The van der Waals surface area contributed by atoms with E-state index in [1.165, 1.54) is 42.5 Å². The first-order chi connectivity index (χ1) is 10.8. The minimum absolute atomic E-state index is 0.00872. The van der Waals surface area contributed by atoms with Crippen molar-refractivity contribution in [3.05, 3.63) is 42.5 Å². The maximum atomic E-state index is 12.3. The Kier molecular flexibility index (Phi) is 3.55. The molecule has 120 valence electrons. The van der Waals surface area contributed by atoms with Gasteiger partial charge in [0.05, 0.1) is 9.79 Å². The zero-order valence-corrected chi connectivity index (χ0v) is 13.1. The Balaban J connectivity index is 1.91. The second-order valence-electron chi connectivity index (χ2n) is 4.65. The Hall–Kier alpha value is -2.50. The summed E-state index contributed by atoms with van der Waals surface area (Å²) in [6, 6.07) is 9.35. The van der Waals surface area contributed by atoms with Gasteiger partial charge >= 0.3 is 0 Å². The maximum Gasteiger partial charge on any atom is 0.261 e. The minimum atomic E-state index is -3.84. The summed E-state index contributed by atoms with van der Waals surface area (Å²) in [6.45, 7) is 0. The number of nitrogens with two attached hydrogens (primary N) is 1. The van der Waals surface area contributed by atoms with Gasteiger partial charge in [0.1, 0.15) is 11.0 Å². The van der Waals surface area contributed by atoms with Gasteiger partial charge in [-0.3, -0.25) is 4.72 Å². The quantitative estimate of drug-likeness (QED) is 0.618. The van der Waals surface area contributed by atoms with Crippen LogP contribution in [0, 0.1) is 0 Å². The summed E-state index contributed by atoms with van der Waals surface area (Å²) in [7, 11) is -7.67. The molecule has 23 heavy (non-hydrogen) atoms. The van der Waals surface area contributed by atoms with E-state index in [0.717, 1.165) is 0 Å². The van der Waals surface area contributed by atoms with Crippen LogP contribution in [0.3, 0.4) is 0 Å². The van der Waals surface area contributed by atoms with Gasteiger partial charge in [0, 0.05) is 5.69 Å². The molecule has 11 heteroatoms. The third-order valence-electron chi connectivity index (χ3n) is 3.03. The van der Waals surface area contributed by atoms with Crippen molar-refractivity contribution in [3.8, 4) is 0 Å². The number of hydrogen-bond acceptors (Lipinski definition) is 6. The van der Waals surface area contributed by atoms with Crippen LogP contribution in [0.25, 0.3) is 11.0 Å². The van der Waals surface area contributed by atoms with E-state index in [1.54, 1.807) is 0 Å². The second-order valence-corrected chi connectivity index (χ2v) is 7.89. The zero-order valence-electron chi connectivity index (χ0n) is 11.5. The molecule has 4 N–H and O–H groups in total. The van der Waals surface area contributed by atoms with E-state index in [-0.39, 0.29) is 15.5 Å². The molecule has 0 aliphatic rings. The van der Waals surface area contributed by atoms with Crippen molar-refractivity contribution in [2.75, 3.05) is 4.72 Å². The lowest BCUT2D eigenvalue weighted by Gasteiger charge is -2.08. The van der Waals surface area contributed by atoms with E-state index in [2.05, 4.69) is 20.1 Å². The number of rotatable bonds is 4. The highest BCUT2D eigenvalue weighted by Crippen LogP contribution is 2.20. The fourth-order valence-corrected chi connectivity index (χ4v) is 3.51. The van der Waals surface area contributed by atoms with Crippen LogP contribution in [0.2, 0.25) is 0 Å².